The predicted molar refractivity (Wildman–Crippen MR) is 79.2 cm³/mol. The van der Waals surface area contributed by atoms with Crippen LogP contribution in [0.3, 0.4) is 0 Å². The minimum atomic E-state index is 0.631. The molecular formula is C14H16BrN5. The summed E-state index contributed by atoms with van der Waals surface area (Å²) in [5.41, 5.74) is 0.878. The Hall–Kier alpha value is -1.17. The Bertz CT molecular complexity index is 695. The molecule has 0 saturated heterocycles. The number of hydrogen-bond acceptors (Lipinski definition) is 4. The Kier molecular flexibility index (Phi) is 2.14. The lowest BCUT2D eigenvalue weighted by molar-refractivity contribution is 0.456. The van der Waals surface area contributed by atoms with Gasteiger partial charge >= 0.3 is 0 Å². The van der Waals surface area contributed by atoms with E-state index in [2.05, 4.69) is 36.3 Å². The molecule has 0 aliphatic heterocycles. The summed E-state index contributed by atoms with van der Waals surface area (Å²) in [5, 5.41) is 9.07. The van der Waals surface area contributed by atoms with Crippen molar-refractivity contribution in [1.82, 2.24) is 19.7 Å². The van der Waals surface area contributed by atoms with E-state index in [4.69, 9.17) is 0 Å². The minimum absolute atomic E-state index is 0.631. The summed E-state index contributed by atoms with van der Waals surface area (Å²) in [6.45, 7) is 0. The zero-order chi connectivity index (χ0) is 13.4. The van der Waals surface area contributed by atoms with E-state index in [9.17, 15) is 0 Å². The van der Waals surface area contributed by atoms with Gasteiger partial charge in [-0.25, -0.2) is 14.6 Å². The van der Waals surface area contributed by atoms with Crippen LogP contribution in [0.25, 0.3) is 11.0 Å². The molecule has 3 aliphatic rings. The van der Waals surface area contributed by atoms with Gasteiger partial charge in [-0.05, 0) is 58.9 Å². The van der Waals surface area contributed by atoms with E-state index in [-0.39, 0.29) is 0 Å². The van der Waals surface area contributed by atoms with Gasteiger partial charge in [0.05, 0.1) is 5.39 Å². The molecule has 104 valence electrons. The van der Waals surface area contributed by atoms with Crippen LogP contribution in [0, 0.1) is 23.7 Å². The zero-order valence-corrected chi connectivity index (χ0v) is 12.8. The van der Waals surface area contributed by atoms with Crippen LogP contribution >= 0.6 is 15.9 Å². The second-order valence-corrected chi connectivity index (χ2v) is 7.24. The van der Waals surface area contributed by atoms with E-state index in [1.807, 2.05) is 7.05 Å². The molecule has 0 radical (unpaired) electrons. The van der Waals surface area contributed by atoms with Crippen LogP contribution in [0.2, 0.25) is 0 Å². The quantitative estimate of drug-likeness (QED) is 0.917. The average molecular weight is 334 g/mol. The maximum absolute atomic E-state index is 4.45. The maximum Gasteiger partial charge on any atom is 0.164 e. The van der Waals surface area contributed by atoms with Gasteiger partial charge in [-0.1, -0.05) is 0 Å². The van der Waals surface area contributed by atoms with Crippen LogP contribution in [-0.4, -0.2) is 25.8 Å². The maximum atomic E-state index is 4.45. The zero-order valence-electron chi connectivity index (χ0n) is 11.3. The Morgan fingerprint density at radius 1 is 1.25 bits per heavy atom. The van der Waals surface area contributed by atoms with Gasteiger partial charge < -0.3 is 5.32 Å². The van der Waals surface area contributed by atoms with Gasteiger partial charge in [0.2, 0.25) is 0 Å². The molecule has 3 fully saturated rings. The second-order valence-electron chi connectivity index (χ2n) is 6.49. The Morgan fingerprint density at radius 3 is 2.75 bits per heavy atom. The molecule has 4 unspecified atom stereocenters. The van der Waals surface area contributed by atoms with E-state index >= 15 is 0 Å². The number of aromatic nitrogens is 4. The van der Waals surface area contributed by atoms with Gasteiger partial charge in [0.25, 0.3) is 0 Å². The SMILES string of the molecule is Cn1nc(Br)c2c(NC3C4C5CCC(C5)C34)ncnc21. The van der Waals surface area contributed by atoms with Crippen molar-refractivity contribution in [2.24, 2.45) is 30.7 Å². The summed E-state index contributed by atoms with van der Waals surface area (Å²) in [4.78, 5) is 8.78. The first kappa shape index (κ1) is 11.5. The number of nitrogens with zero attached hydrogens (tertiary/aromatic N) is 4. The highest BCUT2D eigenvalue weighted by Crippen LogP contribution is 2.66. The molecule has 2 bridgehead atoms. The van der Waals surface area contributed by atoms with Crippen molar-refractivity contribution >= 4 is 32.8 Å². The minimum Gasteiger partial charge on any atom is -0.366 e. The lowest BCUT2D eigenvalue weighted by Crippen LogP contribution is -2.14. The Balaban J connectivity index is 1.51. The monoisotopic (exact) mass is 333 g/mol. The molecule has 6 heteroatoms. The molecule has 2 aromatic rings. The fourth-order valence-corrected chi connectivity index (χ4v) is 5.43. The standard InChI is InChI=1S/C14H16BrN5/c1-20-14-10(12(15)19-20)13(16-5-17-14)18-11-8-6-2-3-7(4-6)9(8)11/h5-9,11H,2-4H2,1H3,(H,16,17,18). The number of anilines is 1. The van der Waals surface area contributed by atoms with Crippen molar-refractivity contribution in [1.29, 1.82) is 0 Å². The van der Waals surface area contributed by atoms with E-state index < -0.39 is 0 Å². The fraction of sp³-hybridized carbons (Fsp3) is 0.643. The molecule has 5 rings (SSSR count). The number of aryl methyl sites for hydroxylation is 1. The molecule has 3 aliphatic carbocycles. The van der Waals surface area contributed by atoms with Crippen LogP contribution < -0.4 is 5.32 Å². The number of hydrogen-bond donors (Lipinski definition) is 1. The first-order chi connectivity index (χ1) is 9.74. The van der Waals surface area contributed by atoms with Crippen molar-refractivity contribution in [3.63, 3.8) is 0 Å². The normalized spacial score (nSPS) is 37.4. The highest BCUT2D eigenvalue weighted by atomic mass is 79.9. The highest BCUT2D eigenvalue weighted by Gasteiger charge is 2.65. The van der Waals surface area contributed by atoms with Crippen LogP contribution in [0.1, 0.15) is 19.3 Å². The van der Waals surface area contributed by atoms with Crippen LogP contribution in [-0.2, 0) is 7.05 Å². The fourth-order valence-electron chi connectivity index (χ4n) is 4.83. The van der Waals surface area contributed by atoms with Crippen molar-refractivity contribution < 1.29 is 0 Å². The summed E-state index contributed by atoms with van der Waals surface area (Å²) >= 11 is 3.52. The van der Waals surface area contributed by atoms with Crippen LogP contribution in [0.5, 0.6) is 0 Å². The second kappa shape index (κ2) is 3.72. The van der Waals surface area contributed by atoms with E-state index in [1.165, 1.54) is 19.3 Å². The molecule has 2 aromatic heterocycles. The van der Waals surface area contributed by atoms with Crippen molar-refractivity contribution in [2.75, 3.05) is 5.32 Å². The predicted octanol–water partition coefficient (Wildman–Crippen LogP) is 2.58. The number of fused-ring (bicyclic) bond motifs is 6. The molecule has 3 saturated carbocycles. The summed E-state index contributed by atoms with van der Waals surface area (Å²) in [6.07, 6.45) is 5.99. The highest BCUT2D eigenvalue weighted by molar-refractivity contribution is 9.10. The number of rotatable bonds is 2. The Labute approximate surface area is 125 Å². The van der Waals surface area contributed by atoms with Gasteiger partial charge in [0.15, 0.2) is 5.65 Å². The third-order valence-corrected chi connectivity index (χ3v) is 6.17. The van der Waals surface area contributed by atoms with Gasteiger partial charge in [0, 0.05) is 13.1 Å². The molecule has 20 heavy (non-hydrogen) atoms. The van der Waals surface area contributed by atoms with Gasteiger partial charge in [-0.3, -0.25) is 0 Å². The van der Waals surface area contributed by atoms with Crippen molar-refractivity contribution in [3.05, 3.63) is 10.9 Å². The van der Waals surface area contributed by atoms with E-state index in [0.29, 0.717) is 6.04 Å². The summed E-state index contributed by atoms with van der Waals surface area (Å²) in [6, 6.07) is 0.631. The lowest BCUT2D eigenvalue weighted by atomic mass is 10.0. The van der Waals surface area contributed by atoms with Gasteiger partial charge in [-0.2, -0.15) is 5.10 Å². The molecule has 1 N–H and O–H groups in total. The average Bonchev–Trinajstić information content (AvgIpc) is 2.78. The topological polar surface area (TPSA) is 55.6 Å². The van der Waals surface area contributed by atoms with Gasteiger partial charge in [0.1, 0.15) is 16.7 Å². The third kappa shape index (κ3) is 1.35. The summed E-state index contributed by atoms with van der Waals surface area (Å²) in [7, 11) is 1.91. The molecule has 4 atom stereocenters. The molecule has 5 nitrogen and oxygen atoms in total. The largest absolute Gasteiger partial charge is 0.366 e. The molecule has 2 heterocycles. The lowest BCUT2D eigenvalue weighted by Gasteiger charge is -2.11. The summed E-state index contributed by atoms with van der Waals surface area (Å²) < 4.78 is 2.62. The molecule has 0 spiro atoms. The van der Waals surface area contributed by atoms with Crippen LogP contribution in [0.4, 0.5) is 5.82 Å². The van der Waals surface area contributed by atoms with Crippen molar-refractivity contribution in [2.45, 2.75) is 25.3 Å². The summed E-state index contributed by atoms with van der Waals surface area (Å²) in [5.74, 6) is 4.67. The van der Waals surface area contributed by atoms with E-state index in [1.54, 1.807) is 11.0 Å². The van der Waals surface area contributed by atoms with Crippen molar-refractivity contribution in [3.8, 4) is 0 Å². The number of halogens is 1. The van der Waals surface area contributed by atoms with Crippen LogP contribution in [0.15, 0.2) is 10.9 Å². The first-order valence-electron chi connectivity index (χ1n) is 7.34. The number of nitrogens with one attached hydrogen (secondary N) is 1. The molecule has 0 aromatic carbocycles. The molecular weight excluding hydrogens is 318 g/mol. The first-order valence-corrected chi connectivity index (χ1v) is 8.13. The third-order valence-electron chi connectivity index (χ3n) is 5.62. The Morgan fingerprint density at radius 2 is 2.00 bits per heavy atom. The molecule has 0 amide bonds. The van der Waals surface area contributed by atoms with Gasteiger partial charge in [-0.15, -0.1) is 0 Å². The smallest absolute Gasteiger partial charge is 0.164 e. The van der Waals surface area contributed by atoms with E-state index in [0.717, 1.165) is 45.1 Å².